The van der Waals surface area contributed by atoms with E-state index in [1.165, 1.54) is 0 Å². The first-order chi connectivity index (χ1) is 3.18. The van der Waals surface area contributed by atoms with Gasteiger partial charge in [-0.1, -0.05) is 0 Å². The monoisotopic (exact) mass is 145 g/mol. The number of alkyl halides is 1. The zero-order valence-electron chi connectivity index (χ0n) is 4.42. The van der Waals surface area contributed by atoms with Crippen LogP contribution in [-0.4, -0.2) is 14.5 Å². The first kappa shape index (κ1) is 12.0. The third-order valence-corrected chi connectivity index (χ3v) is 0.376. The van der Waals surface area contributed by atoms with Crippen LogP contribution in [0.3, 0.4) is 0 Å². The summed E-state index contributed by atoms with van der Waals surface area (Å²) < 4.78 is 33.3. The Morgan fingerprint density at radius 1 is 1.38 bits per heavy atom. The molecule has 0 aliphatic heterocycles. The van der Waals surface area contributed by atoms with Crippen LogP contribution in [-0.2, 0) is 0 Å². The van der Waals surface area contributed by atoms with Crippen molar-refractivity contribution in [2.75, 3.05) is 6.67 Å². The van der Waals surface area contributed by atoms with Gasteiger partial charge in [-0.05, 0) is 0 Å². The molecule has 0 aromatic carbocycles. The average molecular weight is 145 g/mol. The van der Waals surface area contributed by atoms with Gasteiger partial charge in [-0.3, -0.25) is 4.39 Å². The van der Waals surface area contributed by atoms with Crippen molar-refractivity contribution in [3.05, 3.63) is 11.6 Å². The van der Waals surface area contributed by atoms with Gasteiger partial charge >= 0.3 is 51.4 Å². The second-order valence-electron chi connectivity index (χ2n) is 0.886. The fourth-order valence-electron chi connectivity index (χ4n) is 0.0638. The summed E-state index contributed by atoms with van der Waals surface area (Å²) in [5.41, 5.74) is -1.58. The van der Waals surface area contributed by atoms with Gasteiger partial charge in [0.15, 0.2) is 0 Å². The molecule has 0 aliphatic rings. The molecule has 0 bridgehead atoms. The quantitative estimate of drug-likeness (QED) is 0.383. The van der Waals surface area contributed by atoms with Gasteiger partial charge in [-0.25, -0.2) is 8.78 Å². The van der Waals surface area contributed by atoms with E-state index in [4.69, 9.17) is 0 Å². The van der Waals surface area contributed by atoms with Crippen molar-refractivity contribution in [1.82, 2.24) is 0 Å². The summed E-state index contributed by atoms with van der Waals surface area (Å²) in [6.45, 7) is -1.47. The summed E-state index contributed by atoms with van der Waals surface area (Å²) >= 11 is 0. The minimum Gasteiger partial charge on any atom is -0.535 e. The molecule has 39 valence electrons. The number of hydrogen-bond donors (Lipinski definition) is 0. The molecule has 0 aromatic rings. The third kappa shape index (κ3) is 5.37. The first-order valence-electron chi connectivity index (χ1n) is 1.54. The molecule has 0 saturated heterocycles. The summed E-state index contributed by atoms with van der Waals surface area (Å²) in [5, 5.41) is 0. The number of rotatable bonds is 1. The van der Waals surface area contributed by atoms with Gasteiger partial charge in [0.2, 0.25) is 0 Å². The van der Waals surface area contributed by atoms with E-state index in [-0.39, 0.29) is 51.4 Å². The Hall–Kier alpha value is 1.23. The van der Waals surface area contributed by atoms with Gasteiger partial charge in [0.1, 0.15) is 12.5 Å². The fourth-order valence-corrected chi connectivity index (χ4v) is 0.0638. The summed E-state index contributed by atoms with van der Waals surface area (Å²) in [6.07, 6.45) is 0. The van der Waals surface area contributed by atoms with E-state index in [0.717, 1.165) is 0 Å². The first-order valence-corrected chi connectivity index (χ1v) is 1.54. The SMILES string of the molecule is [B-]/C(F)=C(\F)CF.[K+]. The summed E-state index contributed by atoms with van der Waals surface area (Å²) in [4.78, 5) is 0. The molecule has 0 amide bonds. The molecule has 0 atom stereocenters. The summed E-state index contributed by atoms with van der Waals surface area (Å²) in [6, 6.07) is 0. The van der Waals surface area contributed by atoms with Crippen LogP contribution in [0, 0.1) is 0 Å². The van der Waals surface area contributed by atoms with E-state index in [1.54, 1.807) is 0 Å². The smallest absolute Gasteiger partial charge is 0.535 e. The normalized spacial score (nSPS) is 12.0. The van der Waals surface area contributed by atoms with E-state index < -0.39 is 18.2 Å². The molecule has 0 nitrogen and oxygen atoms in total. The van der Waals surface area contributed by atoms with E-state index in [2.05, 4.69) is 7.85 Å². The van der Waals surface area contributed by atoms with Gasteiger partial charge in [0.25, 0.3) is 0 Å². The molecule has 3 radical (unpaired) electrons. The van der Waals surface area contributed by atoms with Crippen LogP contribution in [0.2, 0.25) is 0 Å². The van der Waals surface area contributed by atoms with Crippen molar-refractivity contribution in [3.8, 4) is 0 Å². The third-order valence-electron chi connectivity index (χ3n) is 0.376. The minimum atomic E-state index is -1.58. The van der Waals surface area contributed by atoms with Gasteiger partial charge in [0.05, 0.1) is 0 Å². The molecule has 0 aromatic heterocycles. The Morgan fingerprint density at radius 3 is 1.75 bits per heavy atom. The summed E-state index contributed by atoms with van der Waals surface area (Å²) in [5.74, 6) is -1.54. The number of halogens is 3. The average Bonchev–Trinajstić information content (AvgIpc) is 1.65. The topological polar surface area (TPSA) is 0 Å². The van der Waals surface area contributed by atoms with E-state index >= 15 is 0 Å². The fraction of sp³-hybridized carbons (Fsp3) is 0.333. The molecule has 0 spiro atoms. The molecule has 0 fully saturated rings. The van der Waals surface area contributed by atoms with Crippen LogP contribution in [0.25, 0.3) is 0 Å². The van der Waals surface area contributed by atoms with E-state index in [1.807, 2.05) is 0 Å². The zero-order valence-corrected chi connectivity index (χ0v) is 7.54. The van der Waals surface area contributed by atoms with E-state index in [0.29, 0.717) is 0 Å². The number of hydrogen-bond acceptors (Lipinski definition) is 0. The predicted molar refractivity (Wildman–Crippen MR) is 21.0 cm³/mol. The molecule has 0 saturated carbocycles. The molecule has 5 heteroatoms. The molecular formula is C3H2BF3K. The van der Waals surface area contributed by atoms with Crippen molar-refractivity contribution in [1.29, 1.82) is 0 Å². The maximum Gasteiger partial charge on any atom is 1.00 e. The van der Waals surface area contributed by atoms with Crippen LogP contribution in [0.4, 0.5) is 13.2 Å². The predicted octanol–water partition coefficient (Wildman–Crippen LogP) is -1.76. The van der Waals surface area contributed by atoms with Gasteiger partial charge in [-0.15, -0.1) is 5.73 Å². The summed E-state index contributed by atoms with van der Waals surface area (Å²) in [7, 11) is 4.14. The molecule has 8 heavy (non-hydrogen) atoms. The maximum atomic E-state index is 11.3. The molecule has 0 N–H and O–H groups in total. The maximum absolute atomic E-state index is 11.3. The largest absolute Gasteiger partial charge is 1.00 e. The van der Waals surface area contributed by atoms with Crippen LogP contribution in [0.5, 0.6) is 0 Å². The van der Waals surface area contributed by atoms with Crippen molar-refractivity contribution in [2.24, 2.45) is 0 Å². The van der Waals surface area contributed by atoms with Crippen LogP contribution >= 0.6 is 0 Å². The molecule has 0 aliphatic carbocycles. The molecule has 0 unspecified atom stereocenters. The minimum absolute atomic E-state index is 0. The Labute approximate surface area is 89.4 Å². The Bertz CT molecular complexity index is 88.5. The molecule has 0 heterocycles. The second kappa shape index (κ2) is 6.35. The molecule has 0 rings (SSSR count). The van der Waals surface area contributed by atoms with Crippen molar-refractivity contribution >= 4 is 7.85 Å². The van der Waals surface area contributed by atoms with Gasteiger partial charge < -0.3 is 7.85 Å². The Balaban J connectivity index is 0. The van der Waals surface area contributed by atoms with Gasteiger partial charge in [0, 0.05) is 0 Å². The Kier molecular flexibility index (Phi) is 9.50. The second-order valence-corrected chi connectivity index (χ2v) is 0.886. The van der Waals surface area contributed by atoms with Crippen molar-refractivity contribution in [2.45, 2.75) is 0 Å². The van der Waals surface area contributed by atoms with Gasteiger partial charge in [-0.2, -0.15) is 0 Å². The molecular weight excluding hydrogens is 143 g/mol. The van der Waals surface area contributed by atoms with Crippen LogP contribution < -0.4 is 51.4 Å². The van der Waals surface area contributed by atoms with Crippen LogP contribution in [0.1, 0.15) is 0 Å². The zero-order chi connectivity index (χ0) is 5.86. The van der Waals surface area contributed by atoms with Crippen LogP contribution in [0.15, 0.2) is 11.6 Å². The number of allylic oxidation sites excluding steroid dienone is 1. The van der Waals surface area contributed by atoms with Crippen molar-refractivity contribution in [3.63, 3.8) is 0 Å². The Morgan fingerprint density at radius 2 is 1.75 bits per heavy atom. The van der Waals surface area contributed by atoms with Crippen molar-refractivity contribution < 1.29 is 64.6 Å². The standard InChI is InChI=1S/C3H2BF3.K/c4-3(7)2(6)1-5;/h1H2;/q-1;+1/b3-2+;. The van der Waals surface area contributed by atoms with E-state index in [9.17, 15) is 13.2 Å².